The van der Waals surface area contributed by atoms with Gasteiger partial charge in [-0.05, 0) is 48.4 Å². The van der Waals surface area contributed by atoms with Gasteiger partial charge < -0.3 is 10.6 Å². The van der Waals surface area contributed by atoms with Gasteiger partial charge in [0.2, 0.25) is 5.95 Å². The van der Waals surface area contributed by atoms with Crippen LogP contribution in [0, 0.1) is 12.7 Å². The van der Waals surface area contributed by atoms with E-state index in [9.17, 15) is 9.18 Å². The van der Waals surface area contributed by atoms with Gasteiger partial charge in [-0.15, -0.1) is 0 Å². The molecule has 0 saturated carbocycles. The minimum Gasteiger partial charge on any atom is -0.350 e. The molecule has 6 nitrogen and oxygen atoms in total. The van der Waals surface area contributed by atoms with Crippen LogP contribution in [0.25, 0.3) is 0 Å². The molecule has 7 heteroatoms. The van der Waals surface area contributed by atoms with Crippen LogP contribution < -0.4 is 10.6 Å². The highest BCUT2D eigenvalue weighted by Gasteiger charge is 2.10. The number of aromatic nitrogens is 3. The number of pyridine rings is 1. The smallest absolute Gasteiger partial charge is 0.270 e. The van der Waals surface area contributed by atoms with E-state index in [-0.39, 0.29) is 17.4 Å². The van der Waals surface area contributed by atoms with Crippen molar-refractivity contribution in [2.75, 3.05) is 5.32 Å². The molecular formula is C19H18FN5O. The van der Waals surface area contributed by atoms with Crippen molar-refractivity contribution in [3.63, 3.8) is 0 Å². The first-order valence-electron chi connectivity index (χ1n) is 8.11. The number of nitrogens with one attached hydrogen (secondary N) is 2. The third-order valence-electron chi connectivity index (χ3n) is 3.65. The Labute approximate surface area is 150 Å². The summed E-state index contributed by atoms with van der Waals surface area (Å²) in [7, 11) is 0. The van der Waals surface area contributed by atoms with E-state index in [4.69, 9.17) is 0 Å². The Hall–Kier alpha value is -3.35. The molecule has 3 rings (SSSR count). The Morgan fingerprint density at radius 3 is 2.42 bits per heavy atom. The van der Waals surface area contributed by atoms with Crippen molar-refractivity contribution in [3.8, 4) is 0 Å². The number of rotatable bonds is 6. The summed E-state index contributed by atoms with van der Waals surface area (Å²) in [4.78, 5) is 24.9. The van der Waals surface area contributed by atoms with Crippen molar-refractivity contribution < 1.29 is 9.18 Å². The fourth-order valence-electron chi connectivity index (χ4n) is 2.32. The van der Waals surface area contributed by atoms with Crippen molar-refractivity contribution >= 4 is 11.9 Å². The van der Waals surface area contributed by atoms with Gasteiger partial charge in [0.15, 0.2) is 0 Å². The van der Waals surface area contributed by atoms with Gasteiger partial charge in [0.25, 0.3) is 5.91 Å². The fraction of sp³-hybridized carbons (Fsp3) is 0.158. The normalized spacial score (nSPS) is 10.4. The maximum absolute atomic E-state index is 12.9. The lowest BCUT2D eigenvalue weighted by molar-refractivity contribution is 0.0945. The molecule has 0 spiro atoms. The number of carbonyl (C=O) groups excluding carboxylic acids is 1. The first-order chi connectivity index (χ1) is 12.6. The Balaban J connectivity index is 1.64. The Kier molecular flexibility index (Phi) is 5.48. The van der Waals surface area contributed by atoms with Crippen molar-refractivity contribution in [2.45, 2.75) is 20.0 Å². The lowest BCUT2D eigenvalue weighted by Gasteiger charge is -2.09. The van der Waals surface area contributed by atoms with Crippen LogP contribution in [0.4, 0.5) is 10.3 Å². The van der Waals surface area contributed by atoms with Crippen molar-refractivity contribution in [3.05, 3.63) is 83.2 Å². The summed E-state index contributed by atoms with van der Waals surface area (Å²) in [6.45, 7) is 2.63. The van der Waals surface area contributed by atoms with Crippen LogP contribution in [-0.4, -0.2) is 20.9 Å². The van der Waals surface area contributed by atoms with Crippen LogP contribution in [0.15, 0.2) is 54.9 Å². The average Bonchev–Trinajstić information content (AvgIpc) is 2.66. The molecule has 0 atom stereocenters. The molecule has 0 saturated heterocycles. The highest BCUT2D eigenvalue weighted by Crippen LogP contribution is 2.08. The van der Waals surface area contributed by atoms with Gasteiger partial charge in [0.05, 0.1) is 0 Å². The predicted octanol–water partition coefficient (Wildman–Crippen LogP) is 2.86. The van der Waals surface area contributed by atoms with E-state index in [0.717, 1.165) is 11.1 Å². The highest BCUT2D eigenvalue weighted by atomic mass is 19.1. The molecule has 0 bridgehead atoms. The van der Waals surface area contributed by atoms with Crippen LogP contribution in [0.1, 0.15) is 27.3 Å². The largest absolute Gasteiger partial charge is 0.350 e. The zero-order valence-electron chi connectivity index (χ0n) is 14.2. The minimum absolute atomic E-state index is 0.275. The van der Waals surface area contributed by atoms with Gasteiger partial charge in [-0.3, -0.25) is 9.78 Å². The molecule has 1 aromatic carbocycles. The third-order valence-corrected chi connectivity index (χ3v) is 3.65. The number of aryl methyl sites for hydroxylation is 1. The second-order valence-electron chi connectivity index (χ2n) is 5.74. The van der Waals surface area contributed by atoms with E-state index < -0.39 is 0 Å². The van der Waals surface area contributed by atoms with Gasteiger partial charge in [0.1, 0.15) is 11.5 Å². The first kappa shape index (κ1) is 17.5. The van der Waals surface area contributed by atoms with Crippen molar-refractivity contribution in [1.29, 1.82) is 0 Å². The predicted molar refractivity (Wildman–Crippen MR) is 95.9 cm³/mol. The molecule has 2 aromatic heterocycles. The number of carbonyl (C=O) groups is 1. The molecular weight excluding hydrogens is 333 g/mol. The van der Waals surface area contributed by atoms with Gasteiger partial charge >= 0.3 is 0 Å². The number of anilines is 1. The summed E-state index contributed by atoms with van der Waals surface area (Å²) in [5.41, 5.74) is 2.80. The number of nitrogens with zero attached hydrogens (tertiary/aromatic N) is 3. The van der Waals surface area contributed by atoms with Gasteiger partial charge in [-0.1, -0.05) is 12.1 Å². The molecule has 0 aliphatic heterocycles. The molecule has 0 radical (unpaired) electrons. The van der Waals surface area contributed by atoms with E-state index in [0.29, 0.717) is 24.7 Å². The number of hydrogen-bond acceptors (Lipinski definition) is 5. The van der Waals surface area contributed by atoms with E-state index in [2.05, 4.69) is 25.6 Å². The molecule has 132 valence electrons. The second kappa shape index (κ2) is 8.15. The van der Waals surface area contributed by atoms with Gasteiger partial charge in [0, 0.05) is 31.2 Å². The molecule has 2 N–H and O–H groups in total. The van der Waals surface area contributed by atoms with Crippen molar-refractivity contribution in [2.24, 2.45) is 0 Å². The molecule has 0 aliphatic carbocycles. The number of hydrogen-bond donors (Lipinski definition) is 2. The Bertz CT molecular complexity index is 884. The van der Waals surface area contributed by atoms with Crippen LogP contribution in [0.5, 0.6) is 0 Å². The number of halogens is 1. The topological polar surface area (TPSA) is 79.8 Å². The highest BCUT2D eigenvalue weighted by molar-refractivity contribution is 5.92. The molecule has 0 unspecified atom stereocenters. The summed E-state index contributed by atoms with van der Waals surface area (Å²) in [6, 6.07) is 11.4. The van der Waals surface area contributed by atoms with Crippen LogP contribution in [0.2, 0.25) is 0 Å². The zero-order chi connectivity index (χ0) is 18.4. The fourth-order valence-corrected chi connectivity index (χ4v) is 2.32. The third kappa shape index (κ3) is 4.83. The van der Waals surface area contributed by atoms with E-state index in [1.165, 1.54) is 12.1 Å². The molecule has 0 fully saturated rings. The summed E-state index contributed by atoms with van der Waals surface area (Å²) in [5, 5.41) is 5.88. The molecule has 1 amide bonds. The quantitative estimate of drug-likeness (QED) is 0.714. The van der Waals surface area contributed by atoms with E-state index in [1.807, 2.05) is 12.1 Å². The van der Waals surface area contributed by atoms with E-state index in [1.54, 1.807) is 37.5 Å². The van der Waals surface area contributed by atoms with Crippen molar-refractivity contribution in [1.82, 2.24) is 20.3 Å². The minimum atomic E-state index is -0.313. The zero-order valence-corrected chi connectivity index (χ0v) is 14.2. The summed E-state index contributed by atoms with van der Waals surface area (Å²) in [5.74, 6) is -0.239. The summed E-state index contributed by atoms with van der Waals surface area (Å²) < 4.78 is 12.9. The molecule has 26 heavy (non-hydrogen) atoms. The SMILES string of the molecule is Cc1cc(C(=O)NCc2ccc(F)cc2)nc(NCc2ccncc2)n1. The molecule has 0 aliphatic rings. The lowest BCUT2D eigenvalue weighted by Crippen LogP contribution is -2.24. The van der Waals surface area contributed by atoms with Crippen LogP contribution in [0.3, 0.4) is 0 Å². The van der Waals surface area contributed by atoms with Gasteiger partial charge in [-0.25, -0.2) is 14.4 Å². The molecule has 3 aromatic rings. The second-order valence-corrected chi connectivity index (χ2v) is 5.74. The Morgan fingerprint density at radius 1 is 1.00 bits per heavy atom. The summed E-state index contributed by atoms with van der Waals surface area (Å²) in [6.07, 6.45) is 3.42. The lowest BCUT2D eigenvalue weighted by atomic mass is 10.2. The number of amides is 1. The van der Waals surface area contributed by atoms with E-state index >= 15 is 0 Å². The molecule has 2 heterocycles. The monoisotopic (exact) mass is 351 g/mol. The average molecular weight is 351 g/mol. The standard InChI is InChI=1S/C19H18FN5O/c1-13-10-17(18(26)22-11-14-2-4-16(20)5-3-14)25-19(24-13)23-12-15-6-8-21-9-7-15/h2-10H,11-12H2,1H3,(H,22,26)(H,23,24,25). The number of benzene rings is 1. The maximum atomic E-state index is 12.9. The Morgan fingerprint density at radius 2 is 1.69 bits per heavy atom. The first-order valence-corrected chi connectivity index (χ1v) is 8.11. The van der Waals surface area contributed by atoms with Crippen LogP contribution in [-0.2, 0) is 13.1 Å². The van der Waals surface area contributed by atoms with Crippen LogP contribution >= 0.6 is 0 Å². The maximum Gasteiger partial charge on any atom is 0.270 e. The van der Waals surface area contributed by atoms with Gasteiger partial charge in [-0.2, -0.15) is 0 Å². The summed E-state index contributed by atoms with van der Waals surface area (Å²) >= 11 is 0.